The van der Waals surface area contributed by atoms with Gasteiger partial charge in [0.25, 0.3) is 0 Å². The van der Waals surface area contributed by atoms with Crippen LogP contribution in [0.1, 0.15) is 32.1 Å². The van der Waals surface area contributed by atoms with Gasteiger partial charge in [0.05, 0.1) is 22.7 Å². The molecule has 4 nitrogen and oxygen atoms in total. The van der Waals surface area contributed by atoms with Gasteiger partial charge in [0.1, 0.15) is 5.92 Å². The fourth-order valence-electron chi connectivity index (χ4n) is 3.18. The number of hydrogen-bond acceptors (Lipinski definition) is 4. The van der Waals surface area contributed by atoms with Gasteiger partial charge in [-0.05, 0) is 12.8 Å². The number of hydrogen-bond donors (Lipinski definition) is 1. The van der Waals surface area contributed by atoms with Crippen LogP contribution >= 0.6 is 11.8 Å². The molecule has 0 radical (unpaired) electrons. The number of carbonyl (C=O) groups is 1. The van der Waals surface area contributed by atoms with E-state index in [0.717, 1.165) is 32.1 Å². The van der Waals surface area contributed by atoms with E-state index in [9.17, 15) is 15.3 Å². The van der Waals surface area contributed by atoms with Gasteiger partial charge in [-0.1, -0.05) is 25.3 Å². The second-order valence-corrected chi connectivity index (χ2v) is 6.21. The highest BCUT2D eigenvalue weighted by atomic mass is 32.2. The molecule has 1 saturated carbocycles. The highest BCUT2D eigenvalue weighted by Crippen LogP contribution is 2.51. The van der Waals surface area contributed by atoms with Crippen LogP contribution in [0.25, 0.3) is 0 Å². The summed E-state index contributed by atoms with van der Waals surface area (Å²) in [5.74, 6) is -0.376. The van der Waals surface area contributed by atoms with Crippen molar-refractivity contribution in [2.75, 3.05) is 5.75 Å². The van der Waals surface area contributed by atoms with Gasteiger partial charge >= 0.3 is 0 Å². The summed E-state index contributed by atoms with van der Waals surface area (Å²) in [6, 6.07) is 4.40. The number of allylic oxidation sites excluding steroid dienone is 1. The van der Waals surface area contributed by atoms with Crippen LogP contribution in [0.2, 0.25) is 0 Å². The SMILES string of the molecule is C=CCSC1=C(C#N)C2(CCCCC2)[C@@H](C#N)C(=O)N1. The minimum atomic E-state index is -0.745. The van der Waals surface area contributed by atoms with Gasteiger partial charge in [-0.15, -0.1) is 18.3 Å². The number of nitrogens with zero attached hydrogens (tertiary/aromatic N) is 2. The average Bonchev–Trinajstić information content (AvgIpc) is 2.46. The lowest BCUT2D eigenvalue weighted by atomic mass is 9.61. The van der Waals surface area contributed by atoms with Gasteiger partial charge in [-0.2, -0.15) is 10.5 Å². The highest BCUT2D eigenvalue weighted by molar-refractivity contribution is 8.03. The van der Waals surface area contributed by atoms with Crippen LogP contribution < -0.4 is 5.32 Å². The molecular formula is C15H17N3OS. The van der Waals surface area contributed by atoms with Gasteiger partial charge in [0.15, 0.2) is 0 Å². The molecule has 0 saturated heterocycles. The summed E-state index contributed by atoms with van der Waals surface area (Å²) >= 11 is 1.41. The van der Waals surface area contributed by atoms with Crippen molar-refractivity contribution in [3.8, 4) is 12.1 Å². The Morgan fingerprint density at radius 3 is 2.65 bits per heavy atom. The van der Waals surface area contributed by atoms with Crippen molar-refractivity contribution >= 4 is 17.7 Å². The van der Waals surface area contributed by atoms with E-state index in [1.54, 1.807) is 6.08 Å². The van der Waals surface area contributed by atoms with Crippen molar-refractivity contribution in [2.45, 2.75) is 32.1 Å². The molecule has 20 heavy (non-hydrogen) atoms. The zero-order chi connectivity index (χ0) is 14.6. The van der Waals surface area contributed by atoms with Crippen molar-refractivity contribution in [1.82, 2.24) is 5.32 Å². The molecule has 0 aromatic rings. The Hall–Kier alpha value is -1.72. The number of thioether (sulfide) groups is 1. The quantitative estimate of drug-likeness (QED) is 0.810. The molecule has 0 aromatic heterocycles. The third-order valence-corrected chi connectivity index (χ3v) is 5.11. The van der Waals surface area contributed by atoms with Crippen LogP contribution in [-0.2, 0) is 4.79 Å². The van der Waals surface area contributed by atoms with Gasteiger partial charge in [-0.25, -0.2) is 0 Å². The summed E-state index contributed by atoms with van der Waals surface area (Å²) in [6.07, 6.45) is 6.28. The average molecular weight is 287 g/mol. The van der Waals surface area contributed by atoms with E-state index in [2.05, 4.69) is 24.0 Å². The maximum atomic E-state index is 12.2. The zero-order valence-corrected chi connectivity index (χ0v) is 12.1. The lowest BCUT2D eigenvalue weighted by Gasteiger charge is -2.43. The Morgan fingerprint density at radius 1 is 1.40 bits per heavy atom. The van der Waals surface area contributed by atoms with Gasteiger partial charge < -0.3 is 5.32 Å². The fourth-order valence-corrected chi connectivity index (χ4v) is 4.03. The van der Waals surface area contributed by atoms with E-state index >= 15 is 0 Å². The predicted octanol–water partition coefficient (Wildman–Crippen LogP) is 2.86. The molecule has 2 rings (SSSR count). The first-order valence-corrected chi connectivity index (χ1v) is 7.77. The molecule has 1 N–H and O–H groups in total. The standard InChI is InChI=1S/C15H17N3OS/c1-2-8-20-14-12(10-17)15(6-4-3-5-7-15)11(9-16)13(19)18-14/h2,11H,1,3-8H2,(H,18,19)/t11-/m0/s1. The topological polar surface area (TPSA) is 76.7 Å². The first kappa shape index (κ1) is 14.7. The Bertz CT molecular complexity index is 532. The van der Waals surface area contributed by atoms with E-state index in [-0.39, 0.29) is 5.91 Å². The van der Waals surface area contributed by atoms with Crippen LogP contribution in [0, 0.1) is 34.0 Å². The van der Waals surface area contributed by atoms with E-state index in [1.807, 2.05) is 0 Å². The molecule has 1 atom stereocenters. The molecule has 2 aliphatic rings. The van der Waals surface area contributed by atoms with E-state index in [0.29, 0.717) is 16.4 Å². The first-order valence-electron chi connectivity index (χ1n) is 6.78. The Morgan fingerprint density at radius 2 is 2.10 bits per heavy atom. The summed E-state index contributed by atoms with van der Waals surface area (Å²) in [4.78, 5) is 12.2. The number of rotatable bonds is 3. The summed E-state index contributed by atoms with van der Waals surface area (Å²) < 4.78 is 0. The molecule has 1 amide bonds. The molecule has 0 bridgehead atoms. The maximum absolute atomic E-state index is 12.2. The highest BCUT2D eigenvalue weighted by Gasteiger charge is 2.51. The van der Waals surface area contributed by atoms with Crippen molar-refractivity contribution in [3.63, 3.8) is 0 Å². The van der Waals surface area contributed by atoms with Crippen molar-refractivity contribution in [3.05, 3.63) is 23.3 Å². The molecular weight excluding hydrogens is 270 g/mol. The van der Waals surface area contributed by atoms with Crippen molar-refractivity contribution in [2.24, 2.45) is 11.3 Å². The van der Waals surface area contributed by atoms with Gasteiger partial charge in [-0.3, -0.25) is 4.79 Å². The minimum absolute atomic E-state index is 0.264. The zero-order valence-electron chi connectivity index (χ0n) is 11.3. The monoisotopic (exact) mass is 287 g/mol. The molecule has 1 aliphatic heterocycles. The summed E-state index contributed by atoms with van der Waals surface area (Å²) in [6.45, 7) is 3.66. The van der Waals surface area contributed by atoms with Crippen molar-refractivity contribution < 1.29 is 4.79 Å². The molecule has 1 spiro atoms. The number of nitriles is 2. The molecule has 5 heteroatoms. The molecule has 1 fully saturated rings. The lowest BCUT2D eigenvalue weighted by molar-refractivity contribution is -0.126. The minimum Gasteiger partial charge on any atom is -0.319 e. The molecule has 1 heterocycles. The smallest absolute Gasteiger partial charge is 0.243 e. The first-order chi connectivity index (χ1) is 9.69. The molecule has 1 aliphatic carbocycles. The lowest BCUT2D eigenvalue weighted by Crippen LogP contribution is -2.48. The fraction of sp³-hybridized carbons (Fsp3) is 0.533. The molecule has 104 valence electrons. The predicted molar refractivity (Wildman–Crippen MR) is 78.1 cm³/mol. The van der Waals surface area contributed by atoms with Crippen LogP contribution in [0.15, 0.2) is 23.3 Å². The summed E-state index contributed by atoms with van der Waals surface area (Å²) in [5, 5.41) is 22.3. The normalized spacial score (nSPS) is 24.7. The second-order valence-electron chi connectivity index (χ2n) is 5.18. The molecule has 0 aromatic carbocycles. The number of carbonyl (C=O) groups excluding carboxylic acids is 1. The Labute approximate surface area is 123 Å². The third kappa shape index (κ3) is 2.34. The van der Waals surface area contributed by atoms with Gasteiger partial charge in [0.2, 0.25) is 5.91 Å². The third-order valence-electron chi connectivity index (χ3n) is 4.11. The molecule has 0 unspecified atom stereocenters. The van der Waals surface area contributed by atoms with Crippen molar-refractivity contribution in [1.29, 1.82) is 10.5 Å². The number of nitrogens with one attached hydrogen (secondary N) is 1. The maximum Gasteiger partial charge on any atom is 0.243 e. The van der Waals surface area contributed by atoms with E-state index < -0.39 is 11.3 Å². The van der Waals surface area contributed by atoms with Crippen LogP contribution in [0.4, 0.5) is 0 Å². The second kappa shape index (κ2) is 6.15. The van der Waals surface area contributed by atoms with Gasteiger partial charge in [0, 0.05) is 11.2 Å². The Kier molecular flexibility index (Phi) is 4.52. The van der Waals surface area contributed by atoms with Crippen LogP contribution in [0.5, 0.6) is 0 Å². The summed E-state index contributed by atoms with van der Waals surface area (Å²) in [7, 11) is 0. The van der Waals surface area contributed by atoms with Crippen LogP contribution in [0.3, 0.4) is 0 Å². The van der Waals surface area contributed by atoms with Crippen LogP contribution in [-0.4, -0.2) is 11.7 Å². The Balaban J connectivity index is 2.50. The number of amides is 1. The van der Waals surface area contributed by atoms with E-state index in [1.165, 1.54) is 11.8 Å². The summed E-state index contributed by atoms with van der Waals surface area (Å²) in [5.41, 5.74) is 0.0170. The largest absolute Gasteiger partial charge is 0.319 e. The van der Waals surface area contributed by atoms with E-state index in [4.69, 9.17) is 0 Å².